The van der Waals surface area contributed by atoms with Crippen LogP contribution in [-0.4, -0.2) is 20.6 Å². The number of benzene rings is 1. The van der Waals surface area contributed by atoms with Gasteiger partial charge < -0.3 is 15.4 Å². The Bertz CT molecular complexity index is 780. The van der Waals surface area contributed by atoms with Crippen LogP contribution < -0.4 is 5.32 Å². The Kier molecular flexibility index (Phi) is 4.29. The average Bonchev–Trinajstić information content (AvgIpc) is 2.82. The van der Waals surface area contributed by atoms with Crippen molar-refractivity contribution in [2.45, 2.75) is 13.5 Å². The van der Waals surface area contributed by atoms with Crippen LogP contribution in [0.1, 0.15) is 5.69 Å². The van der Waals surface area contributed by atoms with Gasteiger partial charge >= 0.3 is 5.82 Å². The molecule has 0 spiro atoms. The lowest BCUT2D eigenvalue weighted by Crippen LogP contribution is -2.22. The summed E-state index contributed by atoms with van der Waals surface area (Å²) >= 11 is 0. The summed E-state index contributed by atoms with van der Waals surface area (Å²) in [5.74, 6) is -8.64. The van der Waals surface area contributed by atoms with Gasteiger partial charge in [-0.25, -0.2) is 17.6 Å². The molecule has 0 saturated heterocycles. The number of amides is 1. The molecule has 1 aromatic heterocycles. The molecule has 0 unspecified atom stereocenters. The molecule has 1 amide bonds. The predicted molar refractivity (Wildman–Crippen MR) is 68.5 cm³/mol. The third kappa shape index (κ3) is 3.27. The standard InChI is InChI=1S/C12H8F4N4O3/c1-5-2-9(20(22)23)19(18-5)4-8(21)17-12-10(15)6(13)3-7(14)11(12)16/h2-3H,4H2,1H3,(H,17,21). The summed E-state index contributed by atoms with van der Waals surface area (Å²) in [7, 11) is 0. The average molecular weight is 332 g/mol. The third-order valence-electron chi connectivity index (χ3n) is 2.74. The lowest BCUT2D eigenvalue weighted by molar-refractivity contribution is -0.392. The summed E-state index contributed by atoms with van der Waals surface area (Å²) in [6.45, 7) is 0.657. The highest BCUT2D eigenvalue weighted by Gasteiger charge is 2.24. The maximum atomic E-state index is 13.4. The zero-order valence-electron chi connectivity index (χ0n) is 11.4. The van der Waals surface area contributed by atoms with E-state index in [2.05, 4.69) is 5.10 Å². The monoisotopic (exact) mass is 332 g/mol. The van der Waals surface area contributed by atoms with Crippen LogP contribution in [0.5, 0.6) is 0 Å². The molecule has 0 aliphatic rings. The Hall–Kier alpha value is -2.98. The number of anilines is 1. The molecule has 23 heavy (non-hydrogen) atoms. The van der Waals surface area contributed by atoms with Gasteiger partial charge in [0, 0.05) is 6.07 Å². The van der Waals surface area contributed by atoms with Crippen LogP contribution in [0.25, 0.3) is 0 Å². The first kappa shape index (κ1) is 16.4. The number of halogens is 4. The summed E-state index contributed by atoms with van der Waals surface area (Å²) in [5.41, 5.74) is -1.09. The van der Waals surface area contributed by atoms with Crippen LogP contribution in [0.15, 0.2) is 12.1 Å². The number of carbonyl (C=O) groups is 1. The van der Waals surface area contributed by atoms with Gasteiger partial charge in [-0.3, -0.25) is 4.79 Å². The van der Waals surface area contributed by atoms with Crippen LogP contribution >= 0.6 is 0 Å². The van der Waals surface area contributed by atoms with Crippen molar-refractivity contribution in [2.24, 2.45) is 0 Å². The SMILES string of the molecule is Cc1cc([N+](=O)[O-])n(CC(=O)Nc2c(F)c(F)cc(F)c2F)n1. The highest BCUT2D eigenvalue weighted by Crippen LogP contribution is 2.24. The van der Waals surface area contributed by atoms with E-state index in [-0.39, 0.29) is 11.8 Å². The van der Waals surface area contributed by atoms with Crippen LogP contribution in [0.2, 0.25) is 0 Å². The van der Waals surface area contributed by atoms with E-state index in [4.69, 9.17) is 0 Å². The van der Waals surface area contributed by atoms with Gasteiger partial charge in [-0.15, -0.1) is 4.68 Å². The van der Waals surface area contributed by atoms with E-state index in [1.807, 2.05) is 0 Å². The number of rotatable bonds is 4. The van der Waals surface area contributed by atoms with Gasteiger partial charge in [0.25, 0.3) is 5.91 Å². The Balaban J connectivity index is 2.26. The molecule has 0 atom stereocenters. The van der Waals surface area contributed by atoms with E-state index in [9.17, 15) is 32.5 Å². The van der Waals surface area contributed by atoms with Gasteiger partial charge in [-0.05, 0) is 11.8 Å². The number of carbonyl (C=O) groups excluding carboxylic acids is 1. The zero-order valence-corrected chi connectivity index (χ0v) is 11.4. The Morgan fingerprint density at radius 1 is 1.26 bits per heavy atom. The number of hydrogen-bond donors (Lipinski definition) is 1. The predicted octanol–water partition coefficient (Wildman–Crippen LogP) is 2.29. The first-order valence-electron chi connectivity index (χ1n) is 6.02. The summed E-state index contributed by atoms with van der Waals surface area (Å²) in [5, 5.41) is 16.1. The van der Waals surface area contributed by atoms with E-state index >= 15 is 0 Å². The van der Waals surface area contributed by atoms with Gasteiger partial charge in [0.2, 0.25) is 0 Å². The van der Waals surface area contributed by atoms with Gasteiger partial charge in [-0.1, -0.05) is 5.10 Å². The quantitative estimate of drug-likeness (QED) is 0.403. The van der Waals surface area contributed by atoms with Crippen molar-refractivity contribution in [1.82, 2.24) is 9.78 Å². The van der Waals surface area contributed by atoms with Gasteiger partial charge in [0.05, 0.1) is 11.8 Å². The number of nitrogens with zero attached hydrogens (tertiary/aromatic N) is 3. The molecule has 0 saturated carbocycles. The maximum Gasteiger partial charge on any atom is 0.345 e. The molecule has 1 N–H and O–H groups in total. The second-order valence-electron chi connectivity index (χ2n) is 4.45. The molecule has 122 valence electrons. The van der Waals surface area contributed by atoms with Crippen molar-refractivity contribution in [1.29, 1.82) is 0 Å². The van der Waals surface area contributed by atoms with Crippen LogP contribution in [0.3, 0.4) is 0 Å². The number of hydrogen-bond acceptors (Lipinski definition) is 4. The normalized spacial score (nSPS) is 10.7. The van der Waals surface area contributed by atoms with E-state index in [1.54, 1.807) is 5.32 Å². The lowest BCUT2D eigenvalue weighted by Gasteiger charge is -2.08. The second kappa shape index (κ2) is 6.02. The molecule has 1 heterocycles. The molecule has 0 fully saturated rings. The Morgan fingerprint density at radius 2 is 1.83 bits per heavy atom. The Labute approximate surface area is 125 Å². The second-order valence-corrected chi connectivity index (χ2v) is 4.45. The van der Waals surface area contributed by atoms with Crippen molar-refractivity contribution >= 4 is 17.4 Å². The van der Waals surface area contributed by atoms with Crippen molar-refractivity contribution in [3.8, 4) is 0 Å². The minimum absolute atomic E-state index is 0.0119. The first-order valence-corrected chi connectivity index (χ1v) is 6.02. The smallest absolute Gasteiger partial charge is 0.345 e. The molecular formula is C12H8F4N4O3. The molecule has 0 bridgehead atoms. The first-order chi connectivity index (χ1) is 10.7. The molecule has 11 heteroatoms. The maximum absolute atomic E-state index is 13.4. The minimum atomic E-state index is -1.79. The minimum Gasteiger partial charge on any atom is -0.358 e. The zero-order chi connectivity index (χ0) is 17.3. The molecule has 0 aliphatic heterocycles. The van der Waals surface area contributed by atoms with Crippen LogP contribution in [0.4, 0.5) is 29.1 Å². The molecule has 7 nitrogen and oxygen atoms in total. The van der Waals surface area contributed by atoms with Crippen molar-refractivity contribution < 1.29 is 27.3 Å². The van der Waals surface area contributed by atoms with Gasteiger partial charge in [-0.2, -0.15) is 0 Å². The number of aryl methyl sites for hydroxylation is 1. The van der Waals surface area contributed by atoms with E-state index in [0.717, 1.165) is 6.07 Å². The third-order valence-corrected chi connectivity index (χ3v) is 2.74. The summed E-state index contributed by atoms with van der Waals surface area (Å²) in [6.07, 6.45) is 0. The fourth-order valence-electron chi connectivity index (χ4n) is 1.79. The summed E-state index contributed by atoms with van der Waals surface area (Å²) < 4.78 is 53.6. The molecule has 0 radical (unpaired) electrons. The largest absolute Gasteiger partial charge is 0.358 e. The van der Waals surface area contributed by atoms with Gasteiger partial charge in [0.15, 0.2) is 29.8 Å². The highest BCUT2D eigenvalue weighted by atomic mass is 19.2. The lowest BCUT2D eigenvalue weighted by atomic mass is 10.2. The van der Waals surface area contributed by atoms with Crippen molar-refractivity contribution in [3.63, 3.8) is 0 Å². The number of nitrogens with one attached hydrogen (secondary N) is 1. The van der Waals surface area contributed by atoms with Crippen LogP contribution in [-0.2, 0) is 11.3 Å². The van der Waals surface area contributed by atoms with Crippen LogP contribution in [0, 0.1) is 40.3 Å². The molecule has 1 aromatic carbocycles. The summed E-state index contributed by atoms with van der Waals surface area (Å²) in [6, 6.07) is 1.07. The van der Waals surface area contributed by atoms with Crippen molar-refractivity contribution in [3.05, 3.63) is 51.2 Å². The number of nitro groups is 1. The van der Waals surface area contributed by atoms with E-state index in [1.165, 1.54) is 6.92 Å². The molecule has 2 rings (SSSR count). The Morgan fingerprint density at radius 3 is 2.35 bits per heavy atom. The fraction of sp³-hybridized carbons (Fsp3) is 0.167. The number of aromatic nitrogens is 2. The van der Waals surface area contributed by atoms with Crippen molar-refractivity contribution in [2.75, 3.05) is 5.32 Å². The van der Waals surface area contributed by atoms with Gasteiger partial charge in [0.1, 0.15) is 5.69 Å². The molecule has 2 aromatic rings. The molecule has 0 aliphatic carbocycles. The summed E-state index contributed by atoms with van der Waals surface area (Å²) in [4.78, 5) is 21.7. The van der Waals surface area contributed by atoms with E-state index in [0.29, 0.717) is 4.68 Å². The topological polar surface area (TPSA) is 90.1 Å². The molecular weight excluding hydrogens is 324 g/mol. The fourth-order valence-corrected chi connectivity index (χ4v) is 1.79. The van der Waals surface area contributed by atoms with E-state index < -0.39 is 52.1 Å². The highest BCUT2D eigenvalue weighted by molar-refractivity contribution is 5.91.